The Kier molecular flexibility index (Phi) is 6.99. The number of piperidine rings is 1. The molecule has 6 nitrogen and oxygen atoms in total. The molecule has 1 aromatic heterocycles. The van der Waals surface area contributed by atoms with E-state index in [0.29, 0.717) is 19.7 Å². The number of halogens is 1. The highest BCUT2D eigenvalue weighted by molar-refractivity contribution is 9.10. The summed E-state index contributed by atoms with van der Waals surface area (Å²) in [5.41, 5.74) is -0.500. The highest BCUT2D eigenvalue weighted by atomic mass is 79.9. The molecule has 0 N–H and O–H groups in total. The number of amides is 1. The number of rotatable bonds is 5. The zero-order valence-electron chi connectivity index (χ0n) is 15.1. The SMILES string of the molecule is COCc1cc(Br)c(C(N=O)C2CCN(C(=O)OC(C)(C)C)CC2)s1. The zero-order valence-corrected chi connectivity index (χ0v) is 17.5. The molecule has 1 saturated heterocycles. The Morgan fingerprint density at radius 1 is 1.44 bits per heavy atom. The van der Waals surface area contributed by atoms with Crippen LogP contribution >= 0.6 is 27.3 Å². The second-order valence-electron chi connectivity index (χ2n) is 7.21. The van der Waals surface area contributed by atoms with Crippen LogP contribution in [-0.4, -0.2) is 36.8 Å². The Hall–Kier alpha value is -0.990. The largest absolute Gasteiger partial charge is 0.444 e. The number of nitrogens with zero attached hydrogens (tertiary/aromatic N) is 2. The predicted octanol–water partition coefficient (Wildman–Crippen LogP) is 5.11. The minimum atomic E-state index is -0.500. The van der Waals surface area contributed by atoms with Crippen molar-refractivity contribution in [2.45, 2.75) is 51.9 Å². The third-order valence-electron chi connectivity index (χ3n) is 4.07. The fraction of sp³-hybridized carbons (Fsp3) is 0.706. The minimum absolute atomic E-state index is 0.126. The maximum absolute atomic E-state index is 12.2. The van der Waals surface area contributed by atoms with E-state index in [2.05, 4.69) is 21.1 Å². The van der Waals surface area contributed by atoms with E-state index in [4.69, 9.17) is 9.47 Å². The number of nitroso groups, excluding NO2 is 1. The Labute approximate surface area is 161 Å². The third-order valence-corrected chi connectivity index (χ3v) is 6.17. The molecule has 0 saturated carbocycles. The molecule has 1 amide bonds. The molecule has 2 rings (SSSR count). The quantitative estimate of drug-likeness (QED) is 0.605. The van der Waals surface area contributed by atoms with Gasteiger partial charge in [0.2, 0.25) is 0 Å². The van der Waals surface area contributed by atoms with Crippen molar-refractivity contribution in [2.75, 3.05) is 20.2 Å². The number of thiophene rings is 1. The van der Waals surface area contributed by atoms with E-state index in [0.717, 1.165) is 27.1 Å². The average molecular weight is 433 g/mol. The summed E-state index contributed by atoms with van der Waals surface area (Å²) in [6.45, 7) is 7.26. The van der Waals surface area contributed by atoms with Crippen molar-refractivity contribution in [1.82, 2.24) is 4.90 Å². The van der Waals surface area contributed by atoms with Crippen molar-refractivity contribution in [3.05, 3.63) is 25.2 Å². The number of ether oxygens (including phenoxy) is 2. The lowest BCUT2D eigenvalue weighted by Gasteiger charge is -2.34. The van der Waals surface area contributed by atoms with Gasteiger partial charge in [0.05, 0.1) is 6.61 Å². The van der Waals surface area contributed by atoms with E-state index in [1.807, 2.05) is 26.8 Å². The summed E-state index contributed by atoms with van der Waals surface area (Å²) >= 11 is 5.09. The van der Waals surface area contributed by atoms with Gasteiger partial charge in [-0.3, -0.25) is 0 Å². The highest BCUT2D eigenvalue weighted by Crippen LogP contribution is 2.41. The van der Waals surface area contributed by atoms with Gasteiger partial charge in [0.1, 0.15) is 11.6 Å². The molecule has 1 unspecified atom stereocenters. The zero-order chi connectivity index (χ0) is 18.6. The molecule has 0 aliphatic carbocycles. The maximum atomic E-state index is 12.2. The Morgan fingerprint density at radius 3 is 2.60 bits per heavy atom. The summed E-state index contributed by atoms with van der Waals surface area (Å²) in [4.78, 5) is 27.4. The summed E-state index contributed by atoms with van der Waals surface area (Å²) < 4.78 is 11.5. The van der Waals surface area contributed by atoms with Gasteiger partial charge in [-0.25, -0.2) is 4.79 Å². The molecule has 8 heteroatoms. The monoisotopic (exact) mass is 432 g/mol. The van der Waals surface area contributed by atoms with Crippen LogP contribution in [0.4, 0.5) is 4.79 Å². The van der Waals surface area contributed by atoms with E-state index >= 15 is 0 Å². The molecular weight excluding hydrogens is 408 g/mol. The Morgan fingerprint density at radius 2 is 2.08 bits per heavy atom. The number of hydrogen-bond acceptors (Lipinski definition) is 6. The van der Waals surface area contributed by atoms with Gasteiger partial charge >= 0.3 is 6.09 Å². The summed E-state index contributed by atoms with van der Waals surface area (Å²) in [6, 6.07) is 1.59. The number of carbonyl (C=O) groups is 1. The fourth-order valence-corrected chi connectivity index (χ4v) is 4.97. The molecule has 1 aliphatic rings. The van der Waals surface area contributed by atoms with E-state index in [-0.39, 0.29) is 12.0 Å². The summed E-state index contributed by atoms with van der Waals surface area (Å²) in [5, 5.41) is 3.40. The van der Waals surface area contributed by atoms with Crippen LogP contribution in [0.5, 0.6) is 0 Å². The molecular formula is C17H25BrN2O4S. The molecule has 0 aromatic carbocycles. The van der Waals surface area contributed by atoms with Crippen molar-refractivity contribution in [3.8, 4) is 0 Å². The first-order chi connectivity index (χ1) is 11.7. The molecule has 25 heavy (non-hydrogen) atoms. The van der Waals surface area contributed by atoms with Gasteiger partial charge < -0.3 is 14.4 Å². The smallest absolute Gasteiger partial charge is 0.410 e. The van der Waals surface area contributed by atoms with Gasteiger partial charge in [-0.2, -0.15) is 4.91 Å². The van der Waals surface area contributed by atoms with Crippen LogP contribution in [0, 0.1) is 10.8 Å². The molecule has 1 aromatic rings. The first-order valence-electron chi connectivity index (χ1n) is 8.32. The van der Waals surface area contributed by atoms with Crippen molar-refractivity contribution in [1.29, 1.82) is 0 Å². The molecule has 1 aliphatic heterocycles. The molecule has 2 heterocycles. The number of hydrogen-bond donors (Lipinski definition) is 0. The van der Waals surface area contributed by atoms with Crippen LogP contribution in [0.25, 0.3) is 0 Å². The van der Waals surface area contributed by atoms with Crippen LogP contribution in [0.15, 0.2) is 15.7 Å². The van der Waals surface area contributed by atoms with E-state index in [1.165, 1.54) is 0 Å². The number of likely N-dealkylation sites (tertiary alicyclic amines) is 1. The van der Waals surface area contributed by atoms with Crippen molar-refractivity contribution in [3.63, 3.8) is 0 Å². The third kappa shape index (κ3) is 5.49. The van der Waals surface area contributed by atoms with Gasteiger partial charge in [0.25, 0.3) is 0 Å². The second kappa shape index (κ2) is 8.60. The van der Waals surface area contributed by atoms with Crippen LogP contribution in [0.3, 0.4) is 0 Å². The van der Waals surface area contributed by atoms with E-state index in [1.54, 1.807) is 23.3 Å². The maximum Gasteiger partial charge on any atom is 0.410 e. The Balaban J connectivity index is 2.00. The van der Waals surface area contributed by atoms with E-state index < -0.39 is 11.6 Å². The van der Waals surface area contributed by atoms with Crippen LogP contribution < -0.4 is 0 Å². The minimum Gasteiger partial charge on any atom is -0.444 e. The number of methoxy groups -OCH3 is 1. The van der Waals surface area contributed by atoms with Crippen LogP contribution in [0.2, 0.25) is 0 Å². The first kappa shape index (κ1) is 20.3. The number of carbonyl (C=O) groups excluding carboxylic acids is 1. The van der Waals surface area contributed by atoms with Crippen molar-refractivity contribution in [2.24, 2.45) is 11.1 Å². The molecule has 0 radical (unpaired) electrons. The topological polar surface area (TPSA) is 68.2 Å². The summed E-state index contributed by atoms with van der Waals surface area (Å²) in [7, 11) is 1.65. The van der Waals surface area contributed by atoms with Gasteiger partial charge in [-0.15, -0.1) is 11.3 Å². The van der Waals surface area contributed by atoms with E-state index in [9.17, 15) is 9.70 Å². The molecule has 0 bridgehead atoms. The van der Waals surface area contributed by atoms with Gasteiger partial charge in [-0.05, 0) is 61.5 Å². The van der Waals surface area contributed by atoms with Crippen molar-refractivity contribution < 1.29 is 14.3 Å². The summed E-state index contributed by atoms with van der Waals surface area (Å²) in [5.74, 6) is 0.126. The predicted molar refractivity (Wildman–Crippen MR) is 102 cm³/mol. The Bertz CT molecular complexity index is 606. The van der Waals surface area contributed by atoms with Gasteiger partial charge in [0, 0.05) is 34.4 Å². The lowest BCUT2D eigenvalue weighted by molar-refractivity contribution is 0.0175. The lowest BCUT2D eigenvalue weighted by atomic mass is 9.89. The van der Waals surface area contributed by atoms with Gasteiger partial charge in [0.15, 0.2) is 0 Å². The van der Waals surface area contributed by atoms with Crippen molar-refractivity contribution >= 4 is 33.4 Å². The fourth-order valence-electron chi connectivity index (χ4n) is 2.92. The van der Waals surface area contributed by atoms with Crippen LogP contribution in [0.1, 0.15) is 49.4 Å². The lowest BCUT2D eigenvalue weighted by Crippen LogP contribution is -2.42. The first-order valence-corrected chi connectivity index (χ1v) is 9.93. The van der Waals surface area contributed by atoms with Crippen LogP contribution in [-0.2, 0) is 16.1 Å². The van der Waals surface area contributed by atoms with Gasteiger partial charge in [-0.1, -0.05) is 5.18 Å². The standard InChI is InChI=1S/C17H25BrN2O4S/c1-17(2,3)24-16(21)20-7-5-11(6-8-20)14(19-22)15-13(18)9-12(25-15)10-23-4/h9,11,14H,5-8,10H2,1-4H3. The highest BCUT2D eigenvalue weighted by Gasteiger charge is 2.33. The second-order valence-corrected chi connectivity index (χ2v) is 9.24. The molecule has 1 fully saturated rings. The average Bonchev–Trinajstić information content (AvgIpc) is 2.88. The normalized spacial score (nSPS) is 17.4. The molecule has 0 spiro atoms. The summed E-state index contributed by atoms with van der Waals surface area (Å²) in [6.07, 6.45) is 1.18. The molecule has 1 atom stereocenters. The molecule has 140 valence electrons.